The van der Waals surface area contributed by atoms with E-state index in [-0.39, 0.29) is 25.2 Å². The summed E-state index contributed by atoms with van der Waals surface area (Å²) >= 11 is 0. The van der Waals surface area contributed by atoms with Crippen LogP contribution in [0.15, 0.2) is 60.8 Å². The number of rotatable bonds is 53. The summed E-state index contributed by atoms with van der Waals surface area (Å²) in [5.41, 5.74) is 0. The summed E-state index contributed by atoms with van der Waals surface area (Å²) in [7, 11) is 0. The van der Waals surface area contributed by atoms with Crippen LogP contribution in [0.5, 0.6) is 0 Å². The number of hydrogen-bond donors (Lipinski definition) is 0. The molecule has 0 fully saturated rings. The normalized spacial score (nSPS) is 12.6. The molecular weight excluding hydrogens is 813 g/mol. The average Bonchev–Trinajstić information content (AvgIpc) is 3.32. The van der Waals surface area contributed by atoms with E-state index in [0.29, 0.717) is 19.4 Å². The lowest BCUT2D eigenvalue weighted by atomic mass is 10.1. The minimum atomic E-state index is -0.542. The first-order valence-corrected chi connectivity index (χ1v) is 28.8. The Kier molecular flexibility index (Phi) is 54.9. The minimum Gasteiger partial charge on any atom is -0.462 e. The summed E-state index contributed by atoms with van der Waals surface area (Å²) < 4.78 is 17.5. The molecule has 66 heavy (non-hydrogen) atoms. The van der Waals surface area contributed by atoms with Gasteiger partial charge in [0.2, 0.25) is 0 Å². The standard InChI is InChI=1S/C61H110O5/c1-4-7-10-13-16-19-22-24-26-28-30-32-34-36-38-41-44-47-50-53-56-64-57-59(66-61(63)55-52-49-46-43-39-21-18-15-12-9-6-3)58-65-60(62)54-51-48-45-42-40-37-35-33-31-29-27-25-23-20-17-14-11-8-5-2/h16-17,19-20,24-27,30,32,59H,4-15,18,21-23,28-29,31,33-58H2,1-3H3/b19-16-,20-17-,26-24-,27-25-,32-30-. The van der Waals surface area contributed by atoms with Gasteiger partial charge in [0.15, 0.2) is 6.10 Å². The number of carbonyl (C=O) groups excluding carboxylic acids is 2. The minimum absolute atomic E-state index is 0.0809. The van der Waals surface area contributed by atoms with Crippen molar-refractivity contribution >= 4 is 11.9 Å². The third kappa shape index (κ3) is 54.2. The van der Waals surface area contributed by atoms with Gasteiger partial charge in [0, 0.05) is 19.4 Å². The molecule has 384 valence electrons. The Morgan fingerprint density at radius 2 is 0.636 bits per heavy atom. The molecule has 0 rings (SSSR count). The van der Waals surface area contributed by atoms with E-state index in [9.17, 15) is 9.59 Å². The molecule has 0 heterocycles. The van der Waals surface area contributed by atoms with E-state index in [1.165, 1.54) is 199 Å². The fraction of sp³-hybridized carbons (Fsp3) is 0.803. The van der Waals surface area contributed by atoms with Crippen LogP contribution < -0.4 is 0 Å². The Labute approximate surface area is 411 Å². The van der Waals surface area contributed by atoms with Crippen molar-refractivity contribution in [2.75, 3.05) is 19.8 Å². The van der Waals surface area contributed by atoms with Crippen molar-refractivity contribution in [1.82, 2.24) is 0 Å². The number of hydrogen-bond acceptors (Lipinski definition) is 5. The molecule has 0 aliphatic carbocycles. The zero-order valence-electron chi connectivity index (χ0n) is 44.2. The highest BCUT2D eigenvalue weighted by Crippen LogP contribution is 2.15. The fourth-order valence-corrected chi connectivity index (χ4v) is 8.20. The van der Waals surface area contributed by atoms with Crippen molar-refractivity contribution in [1.29, 1.82) is 0 Å². The summed E-state index contributed by atoms with van der Waals surface area (Å²) in [6, 6.07) is 0. The van der Waals surface area contributed by atoms with E-state index in [0.717, 1.165) is 57.8 Å². The molecular formula is C61H110O5. The Morgan fingerprint density at radius 3 is 1.05 bits per heavy atom. The summed E-state index contributed by atoms with van der Waals surface area (Å²) in [6.45, 7) is 7.78. The molecule has 0 bridgehead atoms. The predicted octanol–water partition coefficient (Wildman–Crippen LogP) is 19.7. The van der Waals surface area contributed by atoms with Gasteiger partial charge in [0.1, 0.15) is 6.61 Å². The highest BCUT2D eigenvalue weighted by atomic mass is 16.6. The maximum atomic E-state index is 12.8. The quantitative estimate of drug-likeness (QED) is 0.0346. The van der Waals surface area contributed by atoms with Crippen LogP contribution >= 0.6 is 0 Å². The van der Waals surface area contributed by atoms with Gasteiger partial charge >= 0.3 is 11.9 Å². The molecule has 0 amide bonds. The molecule has 0 saturated carbocycles. The molecule has 1 atom stereocenters. The van der Waals surface area contributed by atoms with Crippen LogP contribution in [0.25, 0.3) is 0 Å². The number of carbonyl (C=O) groups is 2. The summed E-state index contributed by atoms with van der Waals surface area (Å²) in [5, 5.41) is 0. The molecule has 0 aromatic heterocycles. The number of ether oxygens (including phenoxy) is 3. The van der Waals surface area contributed by atoms with Gasteiger partial charge in [0.05, 0.1) is 6.61 Å². The second-order valence-electron chi connectivity index (χ2n) is 19.2. The first-order chi connectivity index (χ1) is 32.6. The first-order valence-electron chi connectivity index (χ1n) is 28.8. The van der Waals surface area contributed by atoms with Gasteiger partial charge in [-0.3, -0.25) is 9.59 Å². The monoisotopic (exact) mass is 923 g/mol. The SMILES string of the molecule is CCCCC/C=C\C/C=C\C/C=C\CCCCCCCCCOCC(COC(=O)CCCCCCCCCCC/C=C\C/C=C\CCCCC)OC(=O)CCCCCCCCCCCCC. The first kappa shape index (κ1) is 63.6. The van der Waals surface area contributed by atoms with Crippen LogP contribution in [-0.2, 0) is 23.8 Å². The van der Waals surface area contributed by atoms with Gasteiger partial charge in [-0.15, -0.1) is 0 Å². The number of esters is 2. The van der Waals surface area contributed by atoms with Crippen LogP contribution in [0.1, 0.15) is 290 Å². The molecule has 0 saturated heterocycles. The van der Waals surface area contributed by atoms with Gasteiger partial charge in [-0.2, -0.15) is 0 Å². The Morgan fingerprint density at radius 1 is 0.333 bits per heavy atom. The van der Waals surface area contributed by atoms with Gasteiger partial charge in [0.25, 0.3) is 0 Å². The van der Waals surface area contributed by atoms with E-state index < -0.39 is 6.10 Å². The average molecular weight is 924 g/mol. The topological polar surface area (TPSA) is 61.8 Å². The predicted molar refractivity (Wildman–Crippen MR) is 288 cm³/mol. The van der Waals surface area contributed by atoms with Gasteiger partial charge < -0.3 is 14.2 Å². The molecule has 0 radical (unpaired) electrons. The number of allylic oxidation sites excluding steroid dienone is 10. The Hall–Kier alpha value is -2.40. The Balaban J connectivity index is 4.22. The van der Waals surface area contributed by atoms with Crippen molar-refractivity contribution in [3.8, 4) is 0 Å². The van der Waals surface area contributed by atoms with Crippen molar-refractivity contribution in [3.63, 3.8) is 0 Å². The van der Waals surface area contributed by atoms with Crippen LogP contribution in [0, 0.1) is 0 Å². The maximum absolute atomic E-state index is 12.8. The van der Waals surface area contributed by atoms with Crippen LogP contribution in [0.2, 0.25) is 0 Å². The molecule has 5 heteroatoms. The van der Waals surface area contributed by atoms with Crippen LogP contribution in [0.3, 0.4) is 0 Å². The molecule has 0 aromatic carbocycles. The smallest absolute Gasteiger partial charge is 0.306 e. The molecule has 0 aliphatic heterocycles. The fourth-order valence-electron chi connectivity index (χ4n) is 8.20. The largest absolute Gasteiger partial charge is 0.462 e. The zero-order valence-corrected chi connectivity index (χ0v) is 44.2. The lowest BCUT2D eigenvalue weighted by Crippen LogP contribution is -2.30. The molecule has 0 aliphatic rings. The third-order valence-electron chi connectivity index (χ3n) is 12.5. The van der Waals surface area contributed by atoms with E-state index in [4.69, 9.17) is 14.2 Å². The van der Waals surface area contributed by atoms with Gasteiger partial charge in [-0.05, 0) is 89.9 Å². The van der Waals surface area contributed by atoms with Crippen LogP contribution in [0.4, 0.5) is 0 Å². The van der Waals surface area contributed by atoms with Crippen molar-refractivity contribution in [2.24, 2.45) is 0 Å². The van der Waals surface area contributed by atoms with Crippen molar-refractivity contribution in [3.05, 3.63) is 60.8 Å². The second-order valence-corrected chi connectivity index (χ2v) is 19.2. The molecule has 0 spiro atoms. The Bertz CT molecular complexity index is 1130. The summed E-state index contributed by atoms with van der Waals surface area (Å²) in [5.74, 6) is -0.397. The number of unbranched alkanes of at least 4 members (excludes halogenated alkanes) is 32. The van der Waals surface area contributed by atoms with Crippen molar-refractivity contribution < 1.29 is 23.8 Å². The highest BCUT2D eigenvalue weighted by molar-refractivity contribution is 5.70. The van der Waals surface area contributed by atoms with E-state index in [1.54, 1.807) is 0 Å². The second kappa shape index (κ2) is 56.9. The van der Waals surface area contributed by atoms with E-state index in [2.05, 4.69) is 81.5 Å². The summed E-state index contributed by atoms with van der Waals surface area (Å²) in [6.07, 6.45) is 72.4. The molecule has 1 unspecified atom stereocenters. The molecule has 0 aromatic rings. The van der Waals surface area contributed by atoms with Gasteiger partial charge in [-0.1, -0.05) is 248 Å². The van der Waals surface area contributed by atoms with Crippen LogP contribution in [-0.4, -0.2) is 37.9 Å². The highest BCUT2D eigenvalue weighted by Gasteiger charge is 2.17. The van der Waals surface area contributed by atoms with E-state index in [1.807, 2.05) is 0 Å². The molecule has 0 N–H and O–H groups in total. The van der Waals surface area contributed by atoms with Crippen molar-refractivity contribution in [2.45, 2.75) is 297 Å². The lowest BCUT2D eigenvalue weighted by Gasteiger charge is -2.18. The summed E-state index contributed by atoms with van der Waals surface area (Å²) in [4.78, 5) is 25.5. The maximum Gasteiger partial charge on any atom is 0.306 e. The molecule has 5 nitrogen and oxygen atoms in total. The third-order valence-corrected chi connectivity index (χ3v) is 12.5. The lowest BCUT2D eigenvalue weighted by molar-refractivity contribution is -0.163. The van der Waals surface area contributed by atoms with Gasteiger partial charge in [-0.25, -0.2) is 0 Å². The zero-order chi connectivity index (χ0) is 47.7. The van der Waals surface area contributed by atoms with E-state index >= 15 is 0 Å².